The third-order valence-corrected chi connectivity index (χ3v) is 5.44. The summed E-state index contributed by atoms with van der Waals surface area (Å²) in [5, 5.41) is 27.0. The van der Waals surface area contributed by atoms with E-state index in [1.54, 1.807) is 6.07 Å². The number of nitrogens with two attached hydrogens (primary N) is 1. The Balaban J connectivity index is 1.89. The highest BCUT2D eigenvalue weighted by molar-refractivity contribution is 8.02. The monoisotopic (exact) mass is 357 g/mol. The Hall–Kier alpha value is -1.49. The first-order chi connectivity index (χ1) is 10.5. The van der Waals surface area contributed by atoms with Gasteiger partial charge in [-0.3, -0.25) is 0 Å². The van der Waals surface area contributed by atoms with Crippen LogP contribution >= 0.6 is 34.7 Å². The van der Waals surface area contributed by atoms with Crippen molar-refractivity contribution in [2.75, 3.05) is 5.73 Å². The molecule has 7 nitrogen and oxygen atoms in total. The van der Waals surface area contributed by atoms with E-state index >= 15 is 0 Å². The van der Waals surface area contributed by atoms with Gasteiger partial charge in [-0.1, -0.05) is 40.8 Å². The average Bonchev–Trinajstić information content (AvgIpc) is 2.85. The maximum atomic E-state index is 11.3. The normalized spacial score (nSPS) is 17.0. The van der Waals surface area contributed by atoms with Crippen molar-refractivity contribution in [2.45, 2.75) is 15.9 Å². The van der Waals surface area contributed by atoms with Crippen molar-refractivity contribution >= 4 is 52.9 Å². The minimum absolute atomic E-state index is 0.0708. The molecule has 0 amide bonds. The van der Waals surface area contributed by atoms with Gasteiger partial charge in [0.15, 0.2) is 4.34 Å². The maximum Gasteiger partial charge on any atom is 0.537 e. The van der Waals surface area contributed by atoms with Crippen LogP contribution < -0.4 is 10.4 Å². The highest BCUT2D eigenvalue weighted by Crippen LogP contribution is 2.39. The largest absolute Gasteiger partial charge is 0.537 e. The van der Waals surface area contributed by atoms with Crippen LogP contribution in [-0.4, -0.2) is 38.6 Å². The van der Waals surface area contributed by atoms with Gasteiger partial charge in [-0.05, 0) is 18.1 Å². The Labute approximate surface area is 138 Å². The number of carboxylic acid groups (broad SMARTS) is 1. The number of carboxylic acids is 1. The third-order valence-electron chi connectivity index (χ3n) is 3.05. The number of aromatic nitrogens is 2. The van der Waals surface area contributed by atoms with E-state index in [1.165, 1.54) is 29.2 Å². The smallest absolute Gasteiger partial charge is 0.535 e. The van der Waals surface area contributed by atoms with Crippen LogP contribution in [0.1, 0.15) is 15.9 Å². The SMILES string of the molecule is Nc1nnc(SC2Cc3ccc(Cl)c(C(=O)O)c3OB2O)s1. The van der Waals surface area contributed by atoms with Crippen LogP contribution in [0.5, 0.6) is 5.75 Å². The van der Waals surface area contributed by atoms with Crippen molar-refractivity contribution in [1.82, 2.24) is 10.2 Å². The van der Waals surface area contributed by atoms with E-state index < -0.39 is 13.1 Å². The minimum atomic E-state index is -1.20. The summed E-state index contributed by atoms with van der Waals surface area (Å²) in [4.78, 5) is 11.3. The molecule has 0 saturated carbocycles. The lowest BCUT2D eigenvalue weighted by Gasteiger charge is -2.27. The standard InChI is InChI=1S/C11H9BClN3O4S2/c13-5-2-1-4-3-6(21-11-16-15-10(14)22-11)12(19)20-8(4)7(5)9(17)18/h1-2,6,19H,3H2,(H2,14,15)(H,17,18). The summed E-state index contributed by atoms with van der Waals surface area (Å²) < 4.78 is 6.00. The van der Waals surface area contributed by atoms with Gasteiger partial charge in [-0.2, -0.15) is 0 Å². The van der Waals surface area contributed by atoms with Crippen molar-refractivity contribution in [3.63, 3.8) is 0 Å². The van der Waals surface area contributed by atoms with Crippen LogP contribution in [-0.2, 0) is 6.42 Å². The lowest BCUT2D eigenvalue weighted by Crippen LogP contribution is -2.40. The summed E-state index contributed by atoms with van der Waals surface area (Å²) in [5.41, 5.74) is 6.05. The lowest BCUT2D eigenvalue weighted by molar-refractivity contribution is 0.0694. The molecule has 1 unspecified atom stereocenters. The number of nitrogen functional groups attached to an aromatic ring is 1. The van der Waals surface area contributed by atoms with Crippen LogP contribution in [0.4, 0.5) is 5.13 Å². The second kappa shape index (κ2) is 5.96. The average molecular weight is 358 g/mol. The van der Waals surface area contributed by atoms with Gasteiger partial charge in [0.2, 0.25) is 5.13 Å². The van der Waals surface area contributed by atoms with E-state index in [9.17, 15) is 14.9 Å². The Morgan fingerprint density at radius 1 is 1.55 bits per heavy atom. The molecule has 0 saturated heterocycles. The number of fused-ring (bicyclic) bond motifs is 1. The molecule has 0 aliphatic carbocycles. The molecule has 0 bridgehead atoms. The lowest BCUT2D eigenvalue weighted by atomic mass is 9.77. The fraction of sp³-hybridized carbons (Fsp3) is 0.182. The first-order valence-electron chi connectivity index (χ1n) is 6.10. The predicted molar refractivity (Wildman–Crippen MR) is 84.7 cm³/mol. The maximum absolute atomic E-state index is 11.3. The number of anilines is 1. The van der Waals surface area contributed by atoms with E-state index in [0.29, 0.717) is 21.5 Å². The van der Waals surface area contributed by atoms with Crippen LogP contribution in [0.15, 0.2) is 16.5 Å². The highest BCUT2D eigenvalue weighted by atomic mass is 35.5. The van der Waals surface area contributed by atoms with E-state index in [0.717, 1.165) is 0 Å². The van der Waals surface area contributed by atoms with Crippen molar-refractivity contribution in [2.24, 2.45) is 0 Å². The first-order valence-corrected chi connectivity index (χ1v) is 8.18. The van der Waals surface area contributed by atoms with E-state index in [2.05, 4.69) is 10.2 Å². The van der Waals surface area contributed by atoms with E-state index in [-0.39, 0.29) is 21.5 Å². The molecule has 1 aliphatic heterocycles. The molecule has 2 aromatic rings. The van der Waals surface area contributed by atoms with Crippen LogP contribution in [0.3, 0.4) is 0 Å². The number of hydrogen-bond donors (Lipinski definition) is 3. The number of rotatable bonds is 3. The summed E-state index contributed by atoms with van der Waals surface area (Å²) in [5.74, 6) is -1.09. The molecule has 114 valence electrons. The zero-order chi connectivity index (χ0) is 15.9. The summed E-state index contributed by atoms with van der Waals surface area (Å²) >= 11 is 8.39. The van der Waals surface area contributed by atoms with Crippen LogP contribution in [0, 0.1) is 0 Å². The number of thioether (sulfide) groups is 1. The fourth-order valence-corrected chi connectivity index (χ4v) is 4.28. The molecule has 1 aliphatic rings. The number of halogens is 1. The first kappa shape index (κ1) is 15.4. The summed E-state index contributed by atoms with van der Waals surface area (Å²) in [6, 6.07) is 3.20. The van der Waals surface area contributed by atoms with Crippen molar-refractivity contribution in [3.8, 4) is 5.75 Å². The highest BCUT2D eigenvalue weighted by Gasteiger charge is 2.38. The number of nitrogens with zero attached hydrogens (tertiary/aromatic N) is 2. The van der Waals surface area contributed by atoms with Gasteiger partial charge in [0.05, 0.1) is 10.2 Å². The summed E-state index contributed by atoms with van der Waals surface area (Å²) in [7, 11) is -1.18. The number of hydrogen-bond acceptors (Lipinski definition) is 8. The number of carbonyl (C=O) groups is 1. The summed E-state index contributed by atoms with van der Waals surface area (Å²) in [6.07, 6.45) is 0.415. The Bertz CT molecular complexity index is 744. The van der Waals surface area contributed by atoms with Gasteiger partial charge in [0.1, 0.15) is 11.3 Å². The van der Waals surface area contributed by atoms with Gasteiger partial charge in [-0.15, -0.1) is 10.2 Å². The van der Waals surface area contributed by atoms with Crippen LogP contribution in [0.2, 0.25) is 5.02 Å². The molecular formula is C11H9BClN3O4S2. The van der Waals surface area contributed by atoms with Crippen molar-refractivity contribution in [3.05, 3.63) is 28.3 Å². The van der Waals surface area contributed by atoms with Crippen molar-refractivity contribution in [1.29, 1.82) is 0 Å². The Morgan fingerprint density at radius 2 is 2.32 bits per heavy atom. The topological polar surface area (TPSA) is 119 Å². The zero-order valence-electron chi connectivity index (χ0n) is 10.9. The zero-order valence-corrected chi connectivity index (χ0v) is 13.3. The number of aromatic carboxylic acids is 1. The molecule has 22 heavy (non-hydrogen) atoms. The molecule has 0 spiro atoms. The second-order valence-electron chi connectivity index (χ2n) is 4.49. The molecule has 4 N–H and O–H groups in total. The molecule has 3 rings (SSSR count). The summed E-state index contributed by atoms with van der Waals surface area (Å²) in [6.45, 7) is 0. The van der Waals surface area contributed by atoms with Gasteiger partial charge in [0.25, 0.3) is 0 Å². The van der Waals surface area contributed by atoms with Gasteiger partial charge >= 0.3 is 13.1 Å². The Kier molecular flexibility index (Phi) is 4.17. The molecule has 1 aromatic heterocycles. The molecule has 1 aromatic carbocycles. The predicted octanol–water partition coefficient (Wildman–Crippen LogP) is 1.59. The molecule has 0 fully saturated rings. The molecule has 0 radical (unpaired) electrons. The van der Waals surface area contributed by atoms with Crippen LogP contribution in [0.25, 0.3) is 0 Å². The molecule has 11 heteroatoms. The second-order valence-corrected chi connectivity index (χ2v) is 7.39. The van der Waals surface area contributed by atoms with E-state index in [1.807, 2.05) is 0 Å². The Morgan fingerprint density at radius 3 is 2.95 bits per heavy atom. The molecular weight excluding hydrogens is 349 g/mol. The molecule has 1 atom stereocenters. The number of benzene rings is 1. The van der Waals surface area contributed by atoms with E-state index in [4.69, 9.17) is 22.0 Å². The van der Waals surface area contributed by atoms with Gasteiger partial charge in [-0.25, -0.2) is 4.79 Å². The fourth-order valence-electron chi connectivity index (χ4n) is 2.11. The quantitative estimate of drug-likeness (QED) is 0.709. The third kappa shape index (κ3) is 2.87. The molecule has 2 heterocycles. The minimum Gasteiger partial charge on any atom is -0.535 e. The van der Waals surface area contributed by atoms with Gasteiger partial charge < -0.3 is 20.5 Å². The van der Waals surface area contributed by atoms with Gasteiger partial charge in [0, 0.05) is 0 Å². The van der Waals surface area contributed by atoms with Crippen molar-refractivity contribution < 1.29 is 19.6 Å².